The van der Waals surface area contributed by atoms with Gasteiger partial charge in [0.05, 0.1) is 13.2 Å². The third kappa shape index (κ3) is 4.09. The van der Waals surface area contributed by atoms with E-state index in [0.29, 0.717) is 0 Å². The van der Waals surface area contributed by atoms with Crippen molar-refractivity contribution in [3.8, 4) is 0 Å². The first-order chi connectivity index (χ1) is 7.45. The predicted octanol–water partition coefficient (Wildman–Crippen LogP) is 1.19. The summed E-state index contributed by atoms with van der Waals surface area (Å²) in [5, 5.41) is 0. The Hall–Kier alpha value is -0.120. The maximum Gasteiger partial charge on any atom is 0.0594 e. The first-order valence-electron chi connectivity index (χ1n) is 6.47. The van der Waals surface area contributed by atoms with Gasteiger partial charge in [0, 0.05) is 26.2 Å². The average Bonchev–Trinajstić information content (AvgIpc) is 2.56. The lowest BCUT2D eigenvalue weighted by atomic mass is 10.2. The molecule has 2 saturated heterocycles. The Morgan fingerprint density at radius 3 is 1.80 bits per heavy atom. The maximum absolute atomic E-state index is 5.36. The van der Waals surface area contributed by atoms with Gasteiger partial charge in [-0.3, -0.25) is 4.90 Å². The molecule has 0 aromatic heterocycles. The van der Waals surface area contributed by atoms with E-state index in [0.717, 1.165) is 26.3 Å². The van der Waals surface area contributed by atoms with Crippen molar-refractivity contribution in [2.45, 2.75) is 25.7 Å². The van der Waals surface area contributed by atoms with Crippen molar-refractivity contribution in [1.82, 2.24) is 9.80 Å². The molecule has 0 N–H and O–H groups in total. The third-order valence-electron chi connectivity index (χ3n) is 3.53. The summed E-state index contributed by atoms with van der Waals surface area (Å²) >= 11 is 0. The van der Waals surface area contributed by atoms with Gasteiger partial charge in [-0.2, -0.15) is 0 Å². The Bertz CT molecular complexity index is 161. The molecular weight excluding hydrogens is 188 g/mol. The molecule has 2 aliphatic heterocycles. The molecule has 0 aromatic carbocycles. The quantitative estimate of drug-likeness (QED) is 0.699. The second kappa shape index (κ2) is 6.46. The predicted molar refractivity (Wildman–Crippen MR) is 62.2 cm³/mol. The van der Waals surface area contributed by atoms with Crippen molar-refractivity contribution >= 4 is 0 Å². The fraction of sp³-hybridized carbons (Fsp3) is 1.00. The number of rotatable bonds is 3. The molecule has 2 fully saturated rings. The van der Waals surface area contributed by atoms with Gasteiger partial charge >= 0.3 is 0 Å². The van der Waals surface area contributed by atoms with E-state index in [-0.39, 0.29) is 0 Å². The summed E-state index contributed by atoms with van der Waals surface area (Å²) in [7, 11) is 0. The second-order valence-electron chi connectivity index (χ2n) is 4.71. The van der Waals surface area contributed by atoms with Gasteiger partial charge in [0.25, 0.3) is 0 Å². The number of ether oxygens (including phenoxy) is 1. The molecule has 0 atom stereocenters. The molecule has 0 amide bonds. The van der Waals surface area contributed by atoms with E-state index in [1.165, 1.54) is 51.9 Å². The highest BCUT2D eigenvalue weighted by molar-refractivity contribution is 4.68. The minimum absolute atomic E-state index is 0.931. The summed E-state index contributed by atoms with van der Waals surface area (Å²) in [6, 6.07) is 0. The van der Waals surface area contributed by atoms with Crippen LogP contribution in [0.4, 0.5) is 0 Å². The Balaban J connectivity index is 1.62. The maximum atomic E-state index is 5.36. The zero-order valence-electron chi connectivity index (χ0n) is 9.79. The van der Waals surface area contributed by atoms with Crippen LogP contribution in [0, 0.1) is 0 Å². The molecule has 15 heavy (non-hydrogen) atoms. The van der Waals surface area contributed by atoms with Crippen molar-refractivity contribution in [1.29, 1.82) is 0 Å². The zero-order chi connectivity index (χ0) is 10.3. The lowest BCUT2D eigenvalue weighted by molar-refractivity contribution is 0.0335. The lowest BCUT2D eigenvalue weighted by Gasteiger charge is -2.29. The van der Waals surface area contributed by atoms with Gasteiger partial charge < -0.3 is 9.64 Å². The standard InChI is InChI=1S/C12H24N2O/c1-2-4-6-13(5-3-1)7-8-14-9-11-15-12-10-14/h1-12H2. The molecule has 2 aliphatic rings. The van der Waals surface area contributed by atoms with Crippen LogP contribution < -0.4 is 0 Å². The molecule has 0 unspecified atom stereocenters. The lowest BCUT2D eigenvalue weighted by Crippen LogP contribution is -2.41. The summed E-state index contributed by atoms with van der Waals surface area (Å²) in [5.74, 6) is 0. The minimum atomic E-state index is 0.931. The van der Waals surface area contributed by atoms with Crippen molar-refractivity contribution < 1.29 is 4.74 Å². The van der Waals surface area contributed by atoms with Crippen molar-refractivity contribution in [3.63, 3.8) is 0 Å². The van der Waals surface area contributed by atoms with Crippen LogP contribution in [-0.4, -0.2) is 62.3 Å². The fourth-order valence-corrected chi connectivity index (χ4v) is 2.47. The Kier molecular flexibility index (Phi) is 4.90. The van der Waals surface area contributed by atoms with Crippen LogP contribution in [0.3, 0.4) is 0 Å². The number of morpholine rings is 1. The van der Waals surface area contributed by atoms with Gasteiger partial charge in [-0.05, 0) is 25.9 Å². The number of hydrogen-bond donors (Lipinski definition) is 0. The fourth-order valence-electron chi connectivity index (χ4n) is 2.47. The molecule has 2 rings (SSSR count). The molecule has 0 spiro atoms. The number of nitrogens with zero attached hydrogens (tertiary/aromatic N) is 2. The number of hydrogen-bond acceptors (Lipinski definition) is 3. The van der Waals surface area contributed by atoms with E-state index < -0.39 is 0 Å². The van der Waals surface area contributed by atoms with E-state index in [9.17, 15) is 0 Å². The van der Waals surface area contributed by atoms with E-state index in [2.05, 4.69) is 9.80 Å². The van der Waals surface area contributed by atoms with Gasteiger partial charge in [0.2, 0.25) is 0 Å². The van der Waals surface area contributed by atoms with Gasteiger partial charge in [-0.1, -0.05) is 12.8 Å². The van der Waals surface area contributed by atoms with Gasteiger partial charge in [0.15, 0.2) is 0 Å². The largest absolute Gasteiger partial charge is 0.379 e. The Labute approximate surface area is 93.4 Å². The van der Waals surface area contributed by atoms with Gasteiger partial charge in [-0.15, -0.1) is 0 Å². The second-order valence-corrected chi connectivity index (χ2v) is 4.71. The highest BCUT2D eigenvalue weighted by Gasteiger charge is 2.13. The van der Waals surface area contributed by atoms with Crippen LogP contribution in [-0.2, 0) is 4.74 Å². The van der Waals surface area contributed by atoms with Gasteiger partial charge in [0.1, 0.15) is 0 Å². The first-order valence-corrected chi connectivity index (χ1v) is 6.47. The van der Waals surface area contributed by atoms with Crippen molar-refractivity contribution in [2.24, 2.45) is 0 Å². The summed E-state index contributed by atoms with van der Waals surface area (Å²) < 4.78 is 5.36. The van der Waals surface area contributed by atoms with Crippen LogP contribution >= 0.6 is 0 Å². The molecule has 0 saturated carbocycles. The van der Waals surface area contributed by atoms with E-state index >= 15 is 0 Å². The minimum Gasteiger partial charge on any atom is -0.379 e. The first kappa shape index (κ1) is 11.4. The molecule has 0 aromatic rings. The molecule has 88 valence electrons. The highest BCUT2D eigenvalue weighted by Crippen LogP contribution is 2.09. The van der Waals surface area contributed by atoms with E-state index in [4.69, 9.17) is 4.74 Å². The van der Waals surface area contributed by atoms with Crippen molar-refractivity contribution in [2.75, 3.05) is 52.5 Å². The average molecular weight is 212 g/mol. The molecule has 2 heterocycles. The van der Waals surface area contributed by atoms with E-state index in [1.54, 1.807) is 0 Å². The molecule has 0 bridgehead atoms. The zero-order valence-corrected chi connectivity index (χ0v) is 9.79. The summed E-state index contributed by atoms with van der Waals surface area (Å²) in [5.41, 5.74) is 0. The molecule has 3 heteroatoms. The highest BCUT2D eigenvalue weighted by atomic mass is 16.5. The summed E-state index contributed by atoms with van der Waals surface area (Å²) in [6.07, 6.45) is 5.69. The molecule has 0 aliphatic carbocycles. The summed E-state index contributed by atoms with van der Waals surface area (Å²) in [4.78, 5) is 5.18. The van der Waals surface area contributed by atoms with Crippen LogP contribution in [0.25, 0.3) is 0 Å². The molecule has 3 nitrogen and oxygen atoms in total. The van der Waals surface area contributed by atoms with Gasteiger partial charge in [-0.25, -0.2) is 0 Å². The third-order valence-corrected chi connectivity index (χ3v) is 3.53. The Morgan fingerprint density at radius 1 is 0.667 bits per heavy atom. The Morgan fingerprint density at radius 2 is 1.20 bits per heavy atom. The van der Waals surface area contributed by atoms with Crippen LogP contribution in [0.2, 0.25) is 0 Å². The van der Waals surface area contributed by atoms with Crippen LogP contribution in [0.15, 0.2) is 0 Å². The summed E-state index contributed by atoms with van der Waals surface area (Å²) in [6.45, 7) is 9.28. The number of likely N-dealkylation sites (tertiary alicyclic amines) is 1. The monoisotopic (exact) mass is 212 g/mol. The smallest absolute Gasteiger partial charge is 0.0594 e. The van der Waals surface area contributed by atoms with Crippen molar-refractivity contribution in [3.05, 3.63) is 0 Å². The SMILES string of the molecule is C1CCCN(CCN2CCOCC2)CC1. The molecule has 0 radical (unpaired) electrons. The van der Waals surface area contributed by atoms with Crippen LogP contribution in [0.1, 0.15) is 25.7 Å². The normalized spacial score (nSPS) is 26.4. The molecular formula is C12H24N2O. The van der Waals surface area contributed by atoms with E-state index in [1.807, 2.05) is 0 Å². The van der Waals surface area contributed by atoms with Crippen LogP contribution in [0.5, 0.6) is 0 Å². The topological polar surface area (TPSA) is 15.7 Å².